The van der Waals surface area contributed by atoms with E-state index in [0.717, 1.165) is 35.7 Å². The summed E-state index contributed by atoms with van der Waals surface area (Å²) in [5, 5.41) is 17.8. The summed E-state index contributed by atoms with van der Waals surface area (Å²) in [6.45, 7) is 17.6. The molecule has 3 rings (SSSR count). The van der Waals surface area contributed by atoms with Crippen LogP contribution in [0.4, 0.5) is 5.69 Å². The minimum atomic E-state index is -2.71. The van der Waals surface area contributed by atoms with E-state index in [2.05, 4.69) is 25.5 Å². The zero-order valence-electron chi connectivity index (χ0n) is 29.4. The third-order valence-corrected chi connectivity index (χ3v) is 13.5. The number of anilines is 1. The Morgan fingerprint density at radius 2 is 1.02 bits per heavy atom. The van der Waals surface area contributed by atoms with Crippen molar-refractivity contribution >= 4 is 23.3 Å². The summed E-state index contributed by atoms with van der Waals surface area (Å²) in [4.78, 5) is 2.18. The lowest BCUT2D eigenvalue weighted by Crippen LogP contribution is -2.46. The fourth-order valence-electron chi connectivity index (χ4n) is 5.47. The van der Waals surface area contributed by atoms with Crippen molar-refractivity contribution in [3.05, 3.63) is 48.0 Å². The maximum Gasteiger partial charge on any atom is 0.500 e. The molecule has 0 saturated carbocycles. The van der Waals surface area contributed by atoms with Gasteiger partial charge >= 0.3 is 17.6 Å². The van der Waals surface area contributed by atoms with Gasteiger partial charge in [0.2, 0.25) is 0 Å². The van der Waals surface area contributed by atoms with E-state index < -0.39 is 17.6 Å². The molecular weight excluding hydrogens is 639 g/mol. The highest BCUT2D eigenvalue weighted by Gasteiger charge is 2.40. The van der Waals surface area contributed by atoms with Crippen molar-refractivity contribution in [2.24, 2.45) is 0 Å². The van der Waals surface area contributed by atoms with Gasteiger partial charge in [0, 0.05) is 64.8 Å². The monoisotopic (exact) mass is 693 g/mol. The summed E-state index contributed by atoms with van der Waals surface area (Å²) in [7, 11) is -3.74. The normalized spacial score (nSPS) is 12.1. The molecule has 0 unspecified atom stereocenters. The van der Waals surface area contributed by atoms with E-state index >= 15 is 0 Å². The van der Waals surface area contributed by atoms with Gasteiger partial charge in [0.1, 0.15) is 17.1 Å². The quantitative estimate of drug-likeness (QED) is 0.105. The van der Waals surface area contributed by atoms with Gasteiger partial charge in [-0.15, -0.1) is 10.2 Å². The van der Waals surface area contributed by atoms with Crippen molar-refractivity contribution in [1.82, 2.24) is 30.0 Å². The number of aromatic nitrogens is 6. The highest BCUT2D eigenvalue weighted by molar-refractivity contribution is 6.61. The highest BCUT2D eigenvalue weighted by atomic mass is 28.4. The maximum atomic E-state index is 6.00. The van der Waals surface area contributed by atoms with Crippen molar-refractivity contribution in [2.45, 2.75) is 92.7 Å². The lowest BCUT2D eigenvalue weighted by Gasteiger charge is -2.28. The molecule has 0 amide bonds. The summed E-state index contributed by atoms with van der Waals surface area (Å²) in [5.41, 5.74) is 2.59. The molecule has 1 aromatic carbocycles. The van der Waals surface area contributed by atoms with Crippen LogP contribution in [0.15, 0.2) is 36.7 Å². The zero-order valence-corrected chi connectivity index (χ0v) is 31.4. The zero-order chi connectivity index (χ0) is 34.0. The number of ether oxygens (including phenoxy) is 1. The Kier molecular flexibility index (Phi) is 17.0. The lowest BCUT2D eigenvalue weighted by molar-refractivity contribution is 0.0696. The van der Waals surface area contributed by atoms with E-state index in [-0.39, 0.29) is 0 Å². The van der Waals surface area contributed by atoms with Gasteiger partial charge in [-0.3, -0.25) is 9.36 Å². The summed E-state index contributed by atoms with van der Waals surface area (Å²) < 4.78 is 45.5. The molecule has 2 heterocycles. The van der Waals surface area contributed by atoms with Crippen molar-refractivity contribution in [1.29, 1.82) is 0 Å². The smallest absolute Gasteiger partial charge is 0.495 e. The van der Waals surface area contributed by atoms with Gasteiger partial charge in [-0.1, -0.05) is 22.6 Å². The molecule has 0 spiro atoms. The Balaban J connectivity index is 1.68. The predicted molar refractivity (Wildman–Crippen MR) is 183 cm³/mol. The first-order valence-corrected chi connectivity index (χ1v) is 20.7. The van der Waals surface area contributed by atoms with Crippen LogP contribution in [0.1, 0.15) is 65.8 Å². The SMILES string of the molecule is CCO[Si](CCCn1cc(CN(Cc2cn(CCC[Si](OCC)(OCC)OCC)nn2)c2ccccc2OC)nn1)(OCC)OCC. The number of hydrogen-bond acceptors (Lipinski definition) is 12. The second-order valence-electron chi connectivity index (χ2n) is 10.6. The Labute approximate surface area is 282 Å². The van der Waals surface area contributed by atoms with Gasteiger partial charge in [0.05, 0.1) is 38.3 Å². The van der Waals surface area contributed by atoms with E-state index in [4.69, 9.17) is 31.3 Å². The fourth-order valence-corrected chi connectivity index (χ4v) is 10.7. The molecule has 0 radical (unpaired) electrons. The molecule has 16 heteroatoms. The van der Waals surface area contributed by atoms with E-state index in [0.29, 0.717) is 77.9 Å². The summed E-state index contributed by atoms with van der Waals surface area (Å²) in [6, 6.07) is 9.37. The van der Waals surface area contributed by atoms with Gasteiger partial charge < -0.3 is 36.2 Å². The van der Waals surface area contributed by atoms with Gasteiger partial charge in [0.25, 0.3) is 0 Å². The van der Waals surface area contributed by atoms with Crippen LogP contribution >= 0.6 is 0 Å². The highest BCUT2D eigenvalue weighted by Crippen LogP contribution is 2.30. The van der Waals surface area contributed by atoms with Crippen LogP contribution in [-0.4, -0.2) is 94.3 Å². The molecule has 3 aromatic rings. The summed E-state index contributed by atoms with van der Waals surface area (Å²) in [5.74, 6) is 0.764. The number of aryl methyl sites for hydroxylation is 2. The first-order valence-electron chi connectivity index (χ1n) is 16.9. The Morgan fingerprint density at radius 3 is 1.40 bits per heavy atom. The van der Waals surface area contributed by atoms with E-state index in [1.807, 2.05) is 87.6 Å². The first kappa shape index (κ1) is 38.7. The molecule has 0 saturated heterocycles. The third kappa shape index (κ3) is 12.0. The molecule has 0 aliphatic carbocycles. The largest absolute Gasteiger partial charge is 0.500 e. The van der Waals surface area contributed by atoms with Gasteiger partial charge in [0.15, 0.2) is 0 Å². The molecule has 0 bridgehead atoms. The van der Waals surface area contributed by atoms with Crippen LogP contribution in [0.3, 0.4) is 0 Å². The topological polar surface area (TPSA) is 129 Å². The van der Waals surface area contributed by atoms with E-state index in [9.17, 15) is 0 Å². The summed E-state index contributed by atoms with van der Waals surface area (Å²) >= 11 is 0. The van der Waals surface area contributed by atoms with Crippen LogP contribution in [0.5, 0.6) is 5.75 Å². The molecule has 0 aliphatic heterocycles. The minimum Gasteiger partial charge on any atom is -0.495 e. The van der Waals surface area contributed by atoms with Crippen molar-refractivity contribution < 1.29 is 31.3 Å². The van der Waals surface area contributed by atoms with Crippen LogP contribution in [0, 0.1) is 0 Å². The molecule has 0 aliphatic rings. The number of benzene rings is 1. The number of hydrogen-bond donors (Lipinski definition) is 0. The predicted octanol–water partition coefficient (Wildman–Crippen LogP) is 4.96. The average Bonchev–Trinajstić information content (AvgIpc) is 3.70. The second kappa shape index (κ2) is 20.6. The van der Waals surface area contributed by atoms with E-state index in [1.54, 1.807) is 7.11 Å². The molecule has 0 atom stereocenters. The van der Waals surface area contributed by atoms with Crippen LogP contribution in [-0.2, 0) is 52.7 Å². The molecular formula is C31H55N7O7Si2. The van der Waals surface area contributed by atoms with Crippen molar-refractivity contribution in [3.8, 4) is 5.75 Å². The van der Waals surface area contributed by atoms with Crippen molar-refractivity contribution in [3.63, 3.8) is 0 Å². The van der Waals surface area contributed by atoms with Crippen molar-refractivity contribution in [2.75, 3.05) is 51.7 Å². The Bertz CT molecular complexity index is 1180. The van der Waals surface area contributed by atoms with Gasteiger partial charge in [-0.05, 0) is 66.5 Å². The molecule has 0 fully saturated rings. The molecule has 264 valence electrons. The molecule has 2 aromatic heterocycles. The Morgan fingerprint density at radius 1 is 0.617 bits per heavy atom. The van der Waals surface area contributed by atoms with Gasteiger partial charge in [-0.2, -0.15) is 0 Å². The average molecular weight is 694 g/mol. The molecule has 14 nitrogen and oxygen atoms in total. The van der Waals surface area contributed by atoms with E-state index in [1.165, 1.54) is 0 Å². The second-order valence-corrected chi connectivity index (χ2v) is 16.1. The van der Waals surface area contributed by atoms with Gasteiger partial charge in [-0.25, -0.2) is 0 Å². The first-order chi connectivity index (χ1) is 22.9. The minimum absolute atomic E-state index is 0.508. The number of nitrogens with zero attached hydrogens (tertiary/aromatic N) is 7. The lowest BCUT2D eigenvalue weighted by atomic mass is 10.2. The summed E-state index contributed by atoms with van der Waals surface area (Å²) in [6.07, 6.45) is 5.57. The number of methoxy groups -OCH3 is 1. The third-order valence-electron chi connectivity index (χ3n) is 7.23. The number of rotatable bonds is 26. The standard InChI is InChI=1S/C31H55N7O7Si2/c1-8-40-46(41-9-2,42-10-3)22-16-20-37-26-28(32-34-37)24-36(30-18-14-15-19-31(30)39-7)25-29-27-38(35-33-29)21-17-23-47(43-11-4,44-12-5)45-13-6/h14-15,18-19,26-27H,8-13,16-17,20-25H2,1-7H3. The van der Waals surface area contributed by atoms with Crippen LogP contribution in [0.2, 0.25) is 12.1 Å². The number of para-hydroxylation sites is 2. The molecule has 47 heavy (non-hydrogen) atoms. The molecule has 0 N–H and O–H groups in total. The Hall–Kier alpha value is -2.71. The van der Waals surface area contributed by atoms with Crippen LogP contribution < -0.4 is 9.64 Å². The fraction of sp³-hybridized carbons (Fsp3) is 0.677. The maximum absolute atomic E-state index is 6.00. The van der Waals surface area contributed by atoms with Crippen LogP contribution in [0.25, 0.3) is 0 Å².